The molecule has 0 N–H and O–H groups in total. The van der Waals surface area contributed by atoms with Gasteiger partial charge in [-0.15, -0.1) is 0 Å². The predicted octanol–water partition coefficient (Wildman–Crippen LogP) is 2.16. The molecule has 0 saturated carbocycles. The van der Waals surface area contributed by atoms with Crippen molar-refractivity contribution in [3.05, 3.63) is 35.9 Å². The number of hydrogen-bond donors (Lipinski definition) is 0. The molecule has 1 aliphatic heterocycles. The molecule has 0 spiro atoms. The monoisotopic (exact) mass is 308 g/mol. The summed E-state index contributed by atoms with van der Waals surface area (Å²) in [4.78, 5) is 4.52. The zero-order valence-electron chi connectivity index (χ0n) is 11.1. The zero-order chi connectivity index (χ0) is 13.0. The normalized spacial score (nSPS) is 15.3. The van der Waals surface area contributed by atoms with Crippen molar-refractivity contribution in [1.82, 2.24) is 4.90 Å². The summed E-state index contributed by atoms with van der Waals surface area (Å²) < 4.78 is 1.25. The zero-order valence-corrected chi connectivity index (χ0v) is 12.8. The van der Waals surface area contributed by atoms with E-state index in [2.05, 4.69) is 75.9 Å². The van der Waals surface area contributed by atoms with Crippen LogP contribution in [0.2, 0.25) is 0 Å². The maximum atomic E-state index is 3.17. The molecular formula is C15H20N2Se. The fourth-order valence-corrected chi connectivity index (χ4v) is 2.62. The molecule has 1 heterocycles. The van der Waals surface area contributed by atoms with Crippen LogP contribution in [0.4, 0.5) is 5.69 Å². The van der Waals surface area contributed by atoms with E-state index in [-0.39, 0.29) is 0 Å². The van der Waals surface area contributed by atoms with E-state index in [1.54, 1.807) is 0 Å². The number of hydrogen-bond acceptors (Lipinski definition) is 2. The molecule has 1 aliphatic rings. The maximum absolute atomic E-state index is 3.17. The Labute approximate surface area is 118 Å². The average Bonchev–Trinajstić information content (AvgIpc) is 2.90. The Morgan fingerprint density at radius 2 is 1.78 bits per heavy atom. The minimum absolute atomic E-state index is 1.19. The average molecular weight is 307 g/mol. The third kappa shape index (κ3) is 3.47. The number of benzene rings is 1. The fourth-order valence-electron chi connectivity index (χ4n) is 2.09. The topological polar surface area (TPSA) is 6.48 Å². The van der Waals surface area contributed by atoms with Gasteiger partial charge >= 0.3 is 118 Å². The number of rotatable bonds is 4. The summed E-state index contributed by atoms with van der Waals surface area (Å²) in [7, 11) is 4.12. The first-order valence-corrected chi connectivity index (χ1v) is 7.27. The molecule has 1 fully saturated rings. The van der Waals surface area contributed by atoms with Gasteiger partial charge in [-0.1, -0.05) is 0 Å². The van der Waals surface area contributed by atoms with Gasteiger partial charge in [0.15, 0.2) is 0 Å². The predicted molar refractivity (Wildman–Crippen MR) is 81.4 cm³/mol. The molecule has 2 nitrogen and oxygen atoms in total. The van der Waals surface area contributed by atoms with Crippen molar-refractivity contribution >= 4 is 31.9 Å². The molecule has 2 rings (SSSR count). The second-order valence-corrected chi connectivity index (χ2v) is 5.73. The molecule has 1 aromatic carbocycles. The first-order chi connectivity index (χ1) is 8.66. The van der Waals surface area contributed by atoms with Crippen LogP contribution in [0.15, 0.2) is 30.3 Å². The van der Waals surface area contributed by atoms with Crippen LogP contribution in [-0.4, -0.2) is 52.2 Å². The van der Waals surface area contributed by atoms with Crippen LogP contribution in [0.5, 0.6) is 0 Å². The molecule has 0 amide bonds. The minimum atomic E-state index is 1.19. The second-order valence-electron chi connectivity index (χ2n) is 4.85. The Bertz CT molecular complexity index is 428. The molecule has 1 saturated heterocycles. The second kappa shape index (κ2) is 6.21. The molecule has 0 bridgehead atoms. The van der Waals surface area contributed by atoms with Gasteiger partial charge in [0.25, 0.3) is 0 Å². The van der Waals surface area contributed by atoms with E-state index >= 15 is 0 Å². The summed E-state index contributed by atoms with van der Waals surface area (Å²) in [5, 5.41) is 0. The molecule has 0 aliphatic carbocycles. The van der Waals surface area contributed by atoms with Crippen LogP contribution in [0.1, 0.15) is 18.4 Å². The van der Waals surface area contributed by atoms with Gasteiger partial charge in [0.2, 0.25) is 0 Å². The van der Waals surface area contributed by atoms with Gasteiger partial charge in [0.05, 0.1) is 0 Å². The van der Waals surface area contributed by atoms with Crippen molar-refractivity contribution in [2.75, 3.05) is 32.1 Å². The van der Waals surface area contributed by atoms with Crippen molar-refractivity contribution in [3.63, 3.8) is 0 Å². The Morgan fingerprint density at radius 3 is 2.33 bits per heavy atom. The summed E-state index contributed by atoms with van der Waals surface area (Å²) in [6, 6.07) is 8.61. The van der Waals surface area contributed by atoms with Crippen LogP contribution in [0, 0.1) is 0 Å². The molecular weight excluding hydrogens is 287 g/mol. The third-order valence-corrected chi connectivity index (χ3v) is 4.07. The fraction of sp³-hybridized carbons (Fsp3) is 0.400. The Hall–Kier alpha value is -1.05. The SMILES string of the molecule is CN(C)c1ccc(/C=C/C(=[Se])N2CCCC2)cc1. The van der Waals surface area contributed by atoms with E-state index in [0.29, 0.717) is 0 Å². The first kappa shape index (κ1) is 13.4. The van der Waals surface area contributed by atoms with Crippen LogP contribution >= 0.6 is 0 Å². The molecule has 96 valence electrons. The van der Waals surface area contributed by atoms with Crippen molar-refractivity contribution in [3.8, 4) is 0 Å². The van der Waals surface area contributed by atoms with Crippen molar-refractivity contribution < 1.29 is 0 Å². The Kier molecular flexibility index (Phi) is 4.62. The summed E-state index contributed by atoms with van der Waals surface area (Å²) in [5.41, 5.74) is 2.48. The summed E-state index contributed by atoms with van der Waals surface area (Å²) in [5.74, 6) is 0. The van der Waals surface area contributed by atoms with Crippen molar-refractivity contribution in [2.45, 2.75) is 12.8 Å². The summed E-state index contributed by atoms with van der Waals surface area (Å²) >= 11 is 3.17. The van der Waals surface area contributed by atoms with E-state index in [9.17, 15) is 0 Å². The Morgan fingerprint density at radius 1 is 1.17 bits per heavy atom. The molecule has 0 aromatic heterocycles. The quantitative estimate of drug-likeness (QED) is 0.787. The van der Waals surface area contributed by atoms with Gasteiger partial charge in [0.1, 0.15) is 0 Å². The molecule has 0 unspecified atom stereocenters. The van der Waals surface area contributed by atoms with E-state index in [1.165, 1.54) is 41.7 Å². The van der Waals surface area contributed by atoms with E-state index < -0.39 is 0 Å². The number of nitrogens with zero attached hydrogens (tertiary/aromatic N) is 2. The van der Waals surface area contributed by atoms with Gasteiger partial charge in [0, 0.05) is 0 Å². The molecule has 1 aromatic rings. The Balaban J connectivity index is 1.97. The summed E-state index contributed by atoms with van der Waals surface area (Å²) in [6.45, 7) is 2.37. The van der Waals surface area contributed by atoms with Gasteiger partial charge in [-0.05, 0) is 0 Å². The molecule has 18 heavy (non-hydrogen) atoms. The standard InChI is InChI=1S/C15H20N2Se/c1-16(2)14-8-5-13(6-9-14)7-10-15(18)17-11-3-4-12-17/h5-10H,3-4,11-12H2,1-2H3/b10-7+. The van der Waals surface area contributed by atoms with Crippen molar-refractivity contribution in [1.29, 1.82) is 0 Å². The van der Waals surface area contributed by atoms with Crippen LogP contribution in [-0.2, 0) is 0 Å². The van der Waals surface area contributed by atoms with Crippen molar-refractivity contribution in [2.24, 2.45) is 0 Å². The molecule has 0 atom stereocenters. The van der Waals surface area contributed by atoms with E-state index in [1.807, 2.05) is 0 Å². The number of anilines is 1. The van der Waals surface area contributed by atoms with E-state index in [4.69, 9.17) is 0 Å². The summed E-state index contributed by atoms with van der Waals surface area (Å²) in [6.07, 6.45) is 6.98. The number of likely N-dealkylation sites (tertiary alicyclic amines) is 1. The molecule has 0 radical (unpaired) electrons. The van der Waals surface area contributed by atoms with Gasteiger partial charge in [-0.3, -0.25) is 0 Å². The van der Waals surface area contributed by atoms with Gasteiger partial charge in [-0.25, -0.2) is 0 Å². The van der Waals surface area contributed by atoms with Crippen LogP contribution in [0.3, 0.4) is 0 Å². The third-order valence-electron chi connectivity index (χ3n) is 3.25. The molecule has 3 heteroatoms. The van der Waals surface area contributed by atoms with E-state index in [0.717, 1.165) is 0 Å². The van der Waals surface area contributed by atoms with Crippen LogP contribution in [0.25, 0.3) is 6.08 Å². The first-order valence-electron chi connectivity index (χ1n) is 6.41. The van der Waals surface area contributed by atoms with Gasteiger partial charge in [-0.2, -0.15) is 0 Å². The van der Waals surface area contributed by atoms with Gasteiger partial charge < -0.3 is 0 Å². The van der Waals surface area contributed by atoms with Crippen LogP contribution < -0.4 is 4.90 Å².